The van der Waals surface area contributed by atoms with Gasteiger partial charge in [0.15, 0.2) is 5.13 Å². The van der Waals surface area contributed by atoms with E-state index in [4.69, 9.17) is 17.0 Å². The minimum absolute atomic E-state index is 0.0861. The van der Waals surface area contributed by atoms with Gasteiger partial charge in [0.1, 0.15) is 4.32 Å². The van der Waals surface area contributed by atoms with Crippen molar-refractivity contribution in [3.05, 3.63) is 11.1 Å². The summed E-state index contributed by atoms with van der Waals surface area (Å²) in [6, 6.07) is 0. The molecular weight excluding hydrogens is 428 g/mol. The molecule has 29 heavy (non-hydrogen) atoms. The van der Waals surface area contributed by atoms with Crippen LogP contribution >= 0.6 is 35.3 Å². The van der Waals surface area contributed by atoms with E-state index >= 15 is 0 Å². The fraction of sp³-hybridized carbons (Fsp3) is 0.684. The maximum Gasteiger partial charge on any atom is 0.311 e. The zero-order valence-electron chi connectivity index (χ0n) is 17.3. The molecule has 1 atom stereocenters. The molecule has 0 radical (unpaired) electrons. The van der Waals surface area contributed by atoms with Crippen LogP contribution in [0.4, 0.5) is 5.13 Å². The van der Waals surface area contributed by atoms with E-state index < -0.39 is 0 Å². The minimum atomic E-state index is -0.315. The summed E-state index contributed by atoms with van der Waals surface area (Å²) >= 11 is 8.42. The first kappa shape index (κ1) is 24.0. The van der Waals surface area contributed by atoms with Crippen LogP contribution in [0.5, 0.6) is 0 Å². The molecule has 0 spiro atoms. The summed E-state index contributed by atoms with van der Waals surface area (Å²) in [7, 11) is 2.11. The normalized spacial score (nSPS) is 15.8. The van der Waals surface area contributed by atoms with Crippen molar-refractivity contribution in [1.82, 2.24) is 14.8 Å². The molecule has 2 heterocycles. The summed E-state index contributed by atoms with van der Waals surface area (Å²) in [5.74, 6) is -0.401. The fourth-order valence-corrected chi connectivity index (χ4v) is 5.08. The topological polar surface area (TPSA) is 74.8 Å². The number of ether oxygens (including phenoxy) is 1. The van der Waals surface area contributed by atoms with Crippen LogP contribution < -0.4 is 5.32 Å². The quantitative estimate of drug-likeness (QED) is 0.447. The Morgan fingerprint density at radius 2 is 2.07 bits per heavy atom. The second-order valence-electron chi connectivity index (χ2n) is 6.92. The molecule has 0 saturated carbocycles. The number of amides is 1. The molecule has 1 aromatic rings. The number of hydrogen-bond acceptors (Lipinski definition) is 8. The van der Waals surface area contributed by atoms with Gasteiger partial charge in [-0.1, -0.05) is 43.7 Å². The van der Waals surface area contributed by atoms with Gasteiger partial charge in [0.25, 0.3) is 0 Å². The zero-order chi connectivity index (χ0) is 21.2. The predicted octanol–water partition coefficient (Wildman–Crippen LogP) is 3.01. The van der Waals surface area contributed by atoms with Crippen molar-refractivity contribution in [2.24, 2.45) is 0 Å². The van der Waals surface area contributed by atoms with Crippen LogP contribution in [0.3, 0.4) is 0 Å². The van der Waals surface area contributed by atoms with Crippen molar-refractivity contribution in [2.45, 2.75) is 44.8 Å². The van der Waals surface area contributed by atoms with E-state index in [0.29, 0.717) is 17.4 Å². The lowest BCUT2D eigenvalue weighted by Crippen LogP contribution is -2.46. The van der Waals surface area contributed by atoms with Crippen LogP contribution in [0, 0.1) is 0 Å². The van der Waals surface area contributed by atoms with Crippen molar-refractivity contribution in [3.63, 3.8) is 0 Å². The summed E-state index contributed by atoms with van der Waals surface area (Å²) in [4.78, 5) is 33.3. The van der Waals surface area contributed by atoms with E-state index in [1.54, 1.807) is 12.3 Å². The Morgan fingerprint density at radius 3 is 2.72 bits per heavy atom. The average Bonchev–Trinajstić information content (AvgIpc) is 3.12. The Bertz CT molecular complexity index is 690. The Morgan fingerprint density at radius 1 is 1.34 bits per heavy atom. The number of esters is 1. The molecule has 1 aliphatic rings. The first-order chi connectivity index (χ1) is 13.9. The van der Waals surface area contributed by atoms with Gasteiger partial charge in [-0.05, 0) is 20.4 Å². The maximum atomic E-state index is 12.9. The van der Waals surface area contributed by atoms with E-state index in [-0.39, 0.29) is 23.5 Å². The average molecular weight is 459 g/mol. The van der Waals surface area contributed by atoms with Gasteiger partial charge in [0.05, 0.1) is 24.0 Å². The summed E-state index contributed by atoms with van der Waals surface area (Å²) in [6.45, 7) is 7.98. The Kier molecular flexibility index (Phi) is 10.3. The fourth-order valence-electron chi connectivity index (χ4n) is 2.81. The van der Waals surface area contributed by atoms with Gasteiger partial charge in [0, 0.05) is 31.6 Å². The third kappa shape index (κ3) is 8.19. The molecule has 1 saturated heterocycles. The van der Waals surface area contributed by atoms with Crippen molar-refractivity contribution >= 4 is 56.6 Å². The molecule has 0 bridgehead atoms. The van der Waals surface area contributed by atoms with E-state index in [2.05, 4.69) is 34.1 Å². The standard InChI is InChI=1S/C19H30N4O3S3/c1-4-6-7-15(29-19(27)23-10-8-22(3)9-11-23)17(25)21-18-20-14(13-28-18)12-16(24)26-5-2/h13,15H,4-12H2,1-3H3,(H,20,21,25). The molecule has 0 aliphatic carbocycles. The first-order valence-corrected chi connectivity index (χ1v) is 12.1. The molecule has 2 rings (SSSR count). The van der Waals surface area contributed by atoms with Crippen LogP contribution in [0.2, 0.25) is 0 Å². The van der Waals surface area contributed by atoms with Crippen LogP contribution in [0.15, 0.2) is 5.38 Å². The molecule has 1 amide bonds. The highest BCUT2D eigenvalue weighted by atomic mass is 32.2. The number of carbonyl (C=O) groups is 2. The number of thiocarbonyl (C=S) groups is 1. The number of thiazole rings is 1. The number of unbranched alkanes of at least 4 members (excludes halogenated alkanes) is 1. The van der Waals surface area contributed by atoms with Crippen LogP contribution in [0.25, 0.3) is 0 Å². The molecule has 1 aliphatic heterocycles. The van der Waals surface area contributed by atoms with Crippen molar-refractivity contribution in [2.75, 3.05) is 45.2 Å². The summed E-state index contributed by atoms with van der Waals surface area (Å²) in [6.07, 6.45) is 2.86. The lowest BCUT2D eigenvalue weighted by atomic mass is 10.2. The van der Waals surface area contributed by atoms with Gasteiger partial charge in [-0.2, -0.15) is 0 Å². The highest BCUT2D eigenvalue weighted by Gasteiger charge is 2.25. The maximum absolute atomic E-state index is 12.9. The minimum Gasteiger partial charge on any atom is -0.466 e. The van der Waals surface area contributed by atoms with Crippen molar-refractivity contribution in [3.8, 4) is 0 Å². The lowest BCUT2D eigenvalue weighted by Gasteiger charge is -2.34. The van der Waals surface area contributed by atoms with Gasteiger partial charge in [-0.25, -0.2) is 4.98 Å². The lowest BCUT2D eigenvalue weighted by molar-refractivity contribution is -0.142. The molecule has 1 aromatic heterocycles. The number of carbonyl (C=O) groups excluding carboxylic acids is 2. The molecule has 0 aromatic carbocycles. The van der Waals surface area contributed by atoms with Gasteiger partial charge < -0.3 is 19.9 Å². The van der Waals surface area contributed by atoms with Crippen molar-refractivity contribution < 1.29 is 14.3 Å². The van der Waals surface area contributed by atoms with E-state index in [1.165, 1.54) is 23.1 Å². The number of nitrogens with one attached hydrogen (secondary N) is 1. The largest absolute Gasteiger partial charge is 0.466 e. The zero-order valence-corrected chi connectivity index (χ0v) is 19.8. The van der Waals surface area contributed by atoms with Crippen LogP contribution in [0.1, 0.15) is 38.8 Å². The van der Waals surface area contributed by atoms with Gasteiger partial charge in [0.2, 0.25) is 5.91 Å². The van der Waals surface area contributed by atoms with Crippen molar-refractivity contribution in [1.29, 1.82) is 0 Å². The molecular formula is C19H30N4O3S3. The Labute approximate surface area is 186 Å². The second kappa shape index (κ2) is 12.5. The molecule has 162 valence electrons. The molecule has 10 heteroatoms. The summed E-state index contributed by atoms with van der Waals surface area (Å²) in [5, 5.41) is 4.93. The van der Waals surface area contributed by atoms with E-state index in [0.717, 1.165) is 49.8 Å². The third-order valence-electron chi connectivity index (χ3n) is 4.53. The number of likely N-dealkylation sites (N-methyl/N-ethyl adjacent to an activating group) is 1. The number of rotatable bonds is 9. The predicted molar refractivity (Wildman–Crippen MR) is 124 cm³/mol. The second-order valence-corrected chi connectivity index (χ2v) is 9.61. The van der Waals surface area contributed by atoms with Gasteiger partial charge in [-0.15, -0.1) is 11.3 Å². The van der Waals surface area contributed by atoms with Gasteiger partial charge in [-0.3, -0.25) is 9.59 Å². The number of thioether (sulfide) groups is 1. The Hall–Kier alpha value is -1.23. The van der Waals surface area contributed by atoms with E-state index in [1.807, 2.05) is 0 Å². The van der Waals surface area contributed by atoms with Crippen LogP contribution in [-0.2, 0) is 20.7 Å². The SMILES string of the molecule is CCCCC(SC(=S)N1CCN(C)CC1)C(=O)Nc1nc(CC(=O)OCC)cs1. The summed E-state index contributed by atoms with van der Waals surface area (Å²) in [5.41, 5.74) is 0.606. The molecule has 1 unspecified atom stereocenters. The third-order valence-corrected chi connectivity index (χ3v) is 7.08. The monoisotopic (exact) mass is 458 g/mol. The number of nitrogens with zero attached hydrogens (tertiary/aromatic N) is 3. The van der Waals surface area contributed by atoms with Crippen LogP contribution in [-0.4, -0.2) is 76.1 Å². The highest BCUT2D eigenvalue weighted by molar-refractivity contribution is 8.23. The number of hydrogen-bond donors (Lipinski definition) is 1. The molecule has 1 fully saturated rings. The number of anilines is 1. The highest BCUT2D eigenvalue weighted by Crippen LogP contribution is 2.25. The smallest absolute Gasteiger partial charge is 0.311 e. The number of aromatic nitrogens is 1. The molecule has 1 N–H and O–H groups in total. The molecule has 7 nitrogen and oxygen atoms in total. The first-order valence-electron chi connectivity index (χ1n) is 9.97. The Balaban J connectivity index is 1.93. The number of piperazine rings is 1. The van der Waals surface area contributed by atoms with Gasteiger partial charge >= 0.3 is 5.97 Å². The summed E-state index contributed by atoms with van der Waals surface area (Å²) < 4.78 is 5.73. The van der Waals surface area contributed by atoms with E-state index in [9.17, 15) is 9.59 Å².